The van der Waals surface area contributed by atoms with Crippen LogP contribution in [0.4, 0.5) is 5.69 Å². The van der Waals surface area contributed by atoms with E-state index in [0.717, 1.165) is 10.4 Å². The number of thiophene rings is 1. The Bertz CT molecular complexity index is 904. The smallest absolute Gasteiger partial charge is 0.248 e. The topological polar surface area (TPSA) is 42.0 Å². The Balaban J connectivity index is 1.67. The minimum Gasteiger partial charge on any atom is -0.322 e. The summed E-state index contributed by atoms with van der Waals surface area (Å²) in [5.41, 5.74) is 2.25. The third-order valence-corrected chi connectivity index (χ3v) is 3.91. The molecule has 0 radical (unpaired) electrons. The van der Waals surface area contributed by atoms with Gasteiger partial charge in [-0.2, -0.15) is 0 Å². The summed E-state index contributed by atoms with van der Waals surface area (Å²) in [7, 11) is 0. The van der Waals surface area contributed by atoms with Crippen LogP contribution in [0.25, 0.3) is 6.08 Å². The van der Waals surface area contributed by atoms with Crippen LogP contribution in [0.2, 0.25) is 0 Å². The molecule has 2 aromatic heterocycles. The fourth-order valence-electron chi connectivity index (χ4n) is 1.98. The monoisotopic (exact) mass is 330 g/mol. The summed E-state index contributed by atoms with van der Waals surface area (Å²) >= 11 is 1.59. The highest BCUT2D eigenvalue weighted by Crippen LogP contribution is 2.12. The van der Waals surface area contributed by atoms with Crippen molar-refractivity contribution in [3.05, 3.63) is 88.4 Å². The van der Waals surface area contributed by atoms with Gasteiger partial charge < -0.3 is 5.32 Å². The molecule has 4 heteroatoms. The lowest BCUT2D eigenvalue weighted by Gasteiger charge is -2.02. The van der Waals surface area contributed by atoms with Crippen LogP contribution < -0.4 is 5.32 Å². The van der Waals surface area contributed by atoms with E-state index >= 15 is 0 Å². The van der Waals surface area contributed by atoms with Crippen molar-refractivity contribution in [2.24, 2.45) is 0 Å². The fraction of sp³-hybridized carbons (Fsp3) is 0. The molecule has 0 aliphatic heterocycles. The summed E-state index contributed by atoms with van der Waals surface area (Å²) in [6.07, 6.45) is 5.03. The average Bonchev–Trinajstić information content (AvgIpc) is 3.13. The zero-order valence-corrected chi connectivity index (χ0v) is 13.6. The van der Waals surface area contributed by atoms with Crippen molar-refractivity contribution in [1.29, 1.82) is 0 Å². The van der Waals surface area contributed by atoms with Gasteiger partial charge in [-0.15, -0.1) is 11.3 Å². The van der Waals surface area contributed by atoms with Crippen molar-refractivity contribution in [2.75, 3.05) is 5.32 Å². The number of nitrogens with one attached hydrogen (secondary N) is 1. The van der Waals surface area contributed by atoms with Crippen LogP contribution in [0.3, 0.4) is 0 Å². The molecule has 1 N–H and O–H groups in total. The van der Waals surface area contributed by atoms with Crippen LogP contribution >= 0.6 is 11.3 Å². The van der Waals surface area contributed by atoms with Crippen molar-refractivity contribution in [2.45, 2.75) is 0 Å². The van der Waals surface area contributed by atoms with E-state index in [-0.39, 0.29) is 5.91 Å². The van der Waals surface area contributed by atoms with Gasteiger partial charge in [0.1, 0.15) is 5.69 Å². The molecule has 0 spiro atoms. The highest BCUT2D eigenvalue weighted by atomic mass is 32.1. The maximum atomic E-state index is 12.0. The van der Waals surface area contributed by atoms with E-state index in [1.165, 1.54) is 6.08 Å². The molecule has 0 aliphatic rings. The first-order valence-electron chi connectivity index (χ1n) is 7.35. The number of anilines is 1. The number of nitrogens with zero attached hydrogens (tertiary/aromatic N) is 1. The van der Waals surface area contributed by atoms with Crippen molar-refractivity contribution in [1.82, 2.24) is 4.98 Å². The number of aromatic nitrogens is 1. The lowest BCUT2D eigenvalue weighted by molar-refractivity contribution is -0.111. The van der Waals surface area contributed by atoms with E-state index in [4.69, 9.17) is 0 Å². The number of carbonyl (C=O) groups is 1. The number of rotatable bonds is 3. The molecule has 0 unspecified atom stereocenters. The van der Waals surface area contributed by atoms with Crippen LogP contribution in [-0.4, -0.2) is 10.9 Å². The number of carbonyl (C=O) groups excluding carboxylic acids is 1. The second kappa shape index (κ2) is 7.91. The summed E-state index contributed by atoms with van der Waals surface area (Å²) < 4.78 is 0. The molecule has 0 bridgehead atoms. The minimum absolute atomic E-state index is 0.168. The first-order chi connectivity index (χ1) is 11.8. The predicted molar refractivity (Wildman–Crippen MR) is 98.6 cm³/mol. The lowest BCUT2D eigenvalue weighted by Crippen LogP contribution is -2.07. The highest BCUT2D eigenvalue weighted by Gasteiger charge is 1.99. The Hall–Kier alpha value is -3.16. The van der Waals surface area contributed by atoms with Gasteiger partial charge in [-0.25, -0.2) is 4.98 Å². The predicted octanol–water partition coefficient (Wildman–Crippen LogP) is 4.19. The molecule has 3 aromatic rings. The van der Waals surface area contributed by atoms with Gasteiger partial charge in [-0.05, 0) is 53.8 Å². The molecule has 0 atom stereocenters. The summed E-state index contributed by atoms with van der Waals surface area (Å²) in [5.74, 6) is 5.88. The Labute approximate surface area is 144 Å². The molecule has 1 aromatic carbocycles. The molecule has 24 heavy (non-hydrogen) atoms. The maximum absolute atomic E-state index is 12.0. The van der Waals surface area contributed by atoms with E-state index in [1.54, 1.807) is 23.6 Å². The Kier molecular flexibility index (Phi) is 5.18. The largest absolute Gasteiger partial charge is 0.322 e. The van der Waals surface area contributed by atoms with Gasteiger partial charge in [0, 0.05) is 28.4 Å². The molecule has 2 heterocycles. The molecule has 0 saturated carbocycles. The normalized spacial score (nSPS) is 10.2. The van der Waals surface area contributed by atoms with Crippen molar-refractivity contribution < 1.29 is 4.79 Å². The number of pyridine rings is 1. The lowest BCUT2D eigenvalue weighted by atomic mass is 10.2. The number of hydrogen-bond donors (Lipinski definition) is 1. The molecule has 116 valence electrons. The molecule has 3 rings (SSSR count). The van der Waals surface area contributed by atoms with Crippen molar-refractivity contribution in [3.8, 4) is 11.8 Å². The quantitative estimate of drug-likeness (QED) is 0.578. The van der Waals surface area contributed by atoms with Gasteiger partial charge >= 0.3 is 0 Å². The summed E-state index contributed by atoms with van der Waals surface area (Å²) in [6.45, 7) is 0. The van der Waals surface area contributed by atoms with E-state index in [0.29, 0.717) is 11.4 Å². The molecular formula is C20H14N2OS. The van der Waals surface area contributed by atoms with E-state index in [9.17, 15) is 4.79 Å². The second-order valence-electron chi connectivity index (χ2n) is 4.88. The van der Waals surface area contributed by atoms with Crippen LogP contribution in [0.15, 0.2) is 72.3 Å². The maximum Gasteiger partial charge on any atom is 0.248 e. The zero-order chi connectivity index (χ0) is 16.6. The van der Waals surface area contributed by atoms with Gasteiger partial charge in [0.25, 0.3) is 0 Å². The summed E-state index contributed by atoms with van der Waals surface area (Å²) in [4.78, 5) is 17.2. The Morgan fingerprint density at radius 2 is 2.04 bits per heavy atom. The van der Waals surface area contributed by atoms with Crippen LogP contribution in [0.5, 0.6) is 0 Å². The SMILES string of the molecule is O=C(/C=C/c1cccs1)Nc1cccc(C#Cc2ccccn2)c1. The van der Waals surface area contributed by atoms with Gasteiger partial charge in [-0.3, -0.25) is 4.79 Å². The molecule has 0 fully saturated rings. The van der Waals surface area contributed by atoms with E-state index < -0.39 is 0 Å². The molecular weight excluding hydrogens is 316 g/mol. The highest BCUT2D eigenvalue weighted by molar-refractivity contribution is 7.10. The molecule has 0 saturated heterocycles. The minimum atomic E-state index is -0.168. The Morgan fingerprint density at radius 1 is 1.08 bits per heavy atom. The second-order valence-corrected chi connectivity index (χ2v) is 5.86. The van der Waals surface area contributed by atoms with Gasteiger partial charge in [-0.1, -0.05) is 24.1 Å². The van der Waals surface area contributed by atoms with Gasteiger partial charge in [0.15, 0.2) is 0 Å². The summed E-state index contributed by atoms with van der Waals surface area (Å²) in [5, 5.41) is 4.81. The molecule has 3 nitrogen and oxygen atoms in total. The van der Waals surface area contributed by atoms with Gasteiger partial charge in [0.05, 0.1) is 0 Å². The third-order valence-electron chi connectivity index (χ3n) is 3.07. The first-order valence-corrected chi connectivity index (χ1v) is 8.23. The van der Waals surface area contributed by atoms with Crippen LogP contribution in [0, 0.1) is 11.8 Å². The van der Waals surface area contributed by atoms with E-state index in [2.05, 4.69) is 22.1 Å². The standard InChI is InChI=1S/C20H14N2OS/c23-20(12-11-19-8-4-14-24-19)22-18-7-3-5-16(15-18)9-10-17-6-1-2-13-21-17/h1-8,11-15H,(H,22,23)/b12-11+. The van der Waals surface area contributed by atoms with Crippen molar-refractivity contribution >= 4 is 29.0 Å². The first kappa shape index (κ1) is 15.7. The average molecular weight is 330 g/mol. The number of amides is 1. The Morgan fingerprint density at radius 3 is 2.83 bits per heavy atom. The number of benzene rings is 1. The van der Waals surface area contributed by atoms with E-state index in [1.807, 2.05) is 60.0 Å². The third kappa shape index (κ3) is 4.67. The van der Waals surface area contributed by atoms with Gasteiger partial charge in [0.2, 0.25) is 5.91 Å². The number of hydrogen-bond acceptors (Lipinski definition) is 3. The fourth-order valence-corrected chi connectivity index (χ4v) is 2.59. The summed E-state index contributed by atoms with van der Waals surface area (Å²) in [6, 6.07) is 16.9. The van der Waals surface area contributed by atoms with Crippen LogP contribution in [0.1, 0.15) is 16.1 Å². The van der Waals surface area contributed by atoms with Crippen molar-refractivity contribution in [3.63, 3.8) is 0 Å². The molecule has 0 aliphatic carbocycles. The molecule has 1 amide bonds. The van der Waals surface area contributed by atoms with Crippen LogP contribution in [-0.2, 0) is 4.79 Å². The zero-order valence-electron chi connectivity index (χ0n) is 12.8.